The summed E-state index contributed by atoms with van der Waals surface area (Å²) in [5.74, 6) is -0.0443. The summed E-state index contributed by atoms with van der Waals surface area (Å²) in [5, 5.41) is 11.6. The van der Waals surface area contributed by atoms with Crippen molar-refractivity contribution in [2.45, 2.75) is 44.9 Å². The third-order valence-corrected chi connectivity index (χ3v) is 4.12. The van der Waals surface area contributed by atoms with Gasteiger partial charge >= 0.3 is 0 Å². The standard InChI is InChI=1S/C14H23N5O2/c1-10-7-18(8-11(2)21-10)14(20)13-9-19(17-16-13)12-3-5-15-6-4-12/h9-12,15H,3-8H2,1-2H3/t10-,11+. The number of carbonyl (C=O) groups is 1. The number of hydrogen-bond donors (Lipinski definition) is 1. The minimum Gasteiger partial charge on any atom is -0.372 e. The number of amides is 1. The number of nitrogens with one attached hydrogen (secondary N) is 1. The maximum atomic E-state index is 12.5. The Bertz CT molecular complexity index is 487. The second kappa shape index (κ2) is 6.11. The largest absolute Gasteiger partial charge is 0.372 e. The highest BCUT2D eigenvalue weighted by atomic mass is 16.5. The predicted molar refractivity (Wildman–Crippen MR) is 77.1 cm³/mol. The summed E-state index contributed by atoms with van der Waals surface area (Å²) < 4.78 is 7.51. The minimum absolute atomic E-state index is 0.0443. The molecule has 21 heavy (non-hydrogen) atoms. The van der Waals surface area contributed by atoms with Crippen LogP contribution >= 0.6 is 0 Å². The summed E-state index contributed by atoms with van der Waals surface area (Å²) in [6.07, 6.45) is 3.99. The van der Waals surface area contributed by atoms with E-state index in [1.807, 2.05) is 23.4 Å². The highest BCUT2D eigenvalue weighted by Gasteiger charge is 2.28. The summed E-state index contributed by atoms with van der Waals surface area (Å²) in [6.45, 7) is 7.19. The lowest BCUT2D eigenvalue weighted by Crippen LogP contribution is -2.48. The van der Waals surface area contributed by atoms with Crippen molar-refractivity contribution in [3.05, 3.63) is 11.9 Å². The Morgan fingerprint density at radius 2 is 1.95 bits per heavy atom. The molecule has 0 aliphatic carbocycles. The van der Waals surface area contributed by atoms with Crippen LogP contribution in [0.2, 0.25) is 0 Å². The molecule has 7 heteroatoms. The Kier molecular flexibility index (Phi) is 4.21. The molecule has 2 aliphatic heterocycles. The molecule has 0 radical (unpaired) electrons. The van der Waals surface area contributed by atoms with Gasteiger partial charge in [0.2, 0.25) is 0 Å². The van der Waals surface area contributed by atoms with Gasteiger partial charge in [-0.15, -0.1) is 5.10 Å². The van der Waals surface area contributed by atoms with Crippen molar-refractivity contribution < 1.29 is 9.53 Å². The predicted octanol–water partition coefficient (Wildman–Crippen LogP) is 0.452. The van der Waals surface area contributed by atoms with Crippen LogP contribution in [0.25, 0.3) is 0 Å². The first kappa shape index (κ1) is 14.5. The number of nitrogens with zero attached hydrogens (tertiary/aromatic N) is 4. The first-order valence-electron chi connectivity index (χ1n) is 7.71. The molecule has 0 saturated carbocycles. The average Bonchev–Trinajstić information content (AvgIpc) is 2.96. The average molecular weight is 293 g/mol. The van der Waals surface area contributed by atoms with Crippen LogP contribution < -0.4 is 5.32 Å². The highest BCUT2D eigenvalue weighted by molar-refractivity contribution is 5.92. The van der Waals surface area contributed by atoms with Crippen molar-refractivity contribution in [1.29, 1.82) is 0 Å². The second-order valence-corrected chi connectivity index (χ2v) is 6.03. The first-order valence-corrected chi connectivity index (χ1v) is 7.71. The lowest BCUT2D eigenvalue weighted by molar-refractivity contribution is -0.0587. The van der Waals surface area contributed by atoms with Crippen LogP contribution in [0.5, 0.6) is 0 Å². The molecule has 116 valence electrons. The van der Waals surface area contributed by atoms with Crippen molar-refractivity contribution in [2.24, 2.45) is 0 Å². The van der Waals surface area contributed by atoms with Crippen LogP contribution in [-0.2, 0) is 4.74 Å². The molecule has 0 aromatic carbocycles. The van der Waals surface area contributed by atoms with E-state index in [1.54, 1.807) is 6.20 Å². The Morgan fingerprint density at radius 1 is 1.29 bits per heavy atom. The molecule has 7 nitrogen and oxygen atoms in total. The molecular formula is C14H23N5O2. The van der Waals surface area contributed by atoms with Gasteiger partial charge in [0.05, 0.1) is 24.4 Å². The van der Waals surface area contributed by atoms with Gasteiger partial charge in [0.1, 0.15) is 0 Å². The molecule has 3 heterocycles. The Hall–Kier alpha value is -1.47. The Balaban J connectivity index is 1.68. The maximum absolute atomic E-state index is 12.5. The number of rotatable bonds is 2. The van der Waals surface area contributed by atoms with Gasteiger partial charge in [-0.2, -0.15) is 0 Å². The minimum atomic E-state index is -0.0443. The topological polar surface area (TPSA) is 72.3 Å². The number of morpholine rings is 1. The van der Waals surface area contributed by atoms with E-state index in [4.69, 9.17) is 4.74 Å². The molecule has 1 N–H and O–H groups in total. The van der Waals surface area contributed by atoms with Crippen molar-refractivity contribution in [2.75, 3.05) is 26.2 Å². The van der Waals surface area contributed by atoms with Crippen LogP contribution in [0, 0.1) is 0 Å². The number of hydrogen-bond acceptors (Lipinski definition) is 5. The fourth-order valence-corrected chi connectivity index (χ4v) is 3.13. The van der Waals surface area contributed by atoms with Crippen LogP contribution in [0.4, 0.5) is 0 Å². The van der Waals surface area contributed by atoms with E-state index in [0.717, 1.165) is 25.9 Å². The summed E-state index contributed by atoms with van der Waals surface area (Å²) in [4.78, 5) is 14.3. The Labute approximate surface area is 124 Å². The fraction of sp³-hybridized carbons (Fsp3) is 0.786. The zero-order chi connectivity index (χ0) is 14.8. The molecule has 2 aliphatic rings. The van der Waals surface area contributed by atoms with E-state index in [2.05, 4.69) is 15.6 Å². The molecule has 1 aromatic rings. The lowest BCUT2D eigenvalue weighted by Gasteiger charge is -2.34. The van der Waals surface area contributed by atoms with Gasteiger partial charge in [-0.25, -0.2) is 4.68 Å². The molecule has 3 rings (SSSR count). The zero-order valence-corrected chi connectivity index (χ0v) is 12.7. The number of ether oxygens (including phenoxy) is 1. The van der Waals surface area contributed by atoms with Gasteiger partial charge < -0.3 is 15.0 Å². The van der Waals surface area contributed by atoms with Gasteiger partial charge in [-0.05, 0) is 39.8 Å². The van der Waals surface area contributed by atoms with Crippen LogP contribution in [0.3, 0.4) is 0 Å². The van der Waals surface area contributed by atoms with E-state index in [0.29, 0.717) is 24.8 Å². The van der Waals surface area contributed by atoms with E-state index in [9.17, 15) is 4.79 Å². The van der Waals surface area contributed by atoms with Crippen LogP contribution in [0.15, 0.2) is 6.20 Å². The fourth-order valence-electron chi connectivity index (χ4n) is 3.13. The summed E-state index contributed by atoms with van der Waals surface area (Å²) >= 11 is 0. The molecule has 2 fully saturated rings. The molecule has 0 unspecified atom stereocenters. The van der Waals surface area contributed by atoms with Gasteiger partial charge in [-0.1, -0.05) is 5.21 Å². The third-order valence-electron chi connectivity index (χ3n) is 4.12. The highest BCUT2D eigenvalue weighted by Crippen LogP contribution is 2.18. The Morgan fingerprint density at radius 3 is 2.62 bits per heavy atom. The van der Waals surface area contributed by atoms with E-state index >= 15 is 0 Å². The molecule has 0 spiro atoms. The van der Waals surface area contributed by atoms with Crippen LogP contribution in [0.1, 0.15) is 43.2 Å². The van der Waals surface area contributed by atoms with Crippen molar-refractivity contribution in [3.63, 3.8) is 0 Å². The van der Waals surface area contributed by atoms with E-state index in [-0.39, 0.29) is 18.1 Å². The van der Waals surface area contributed by atoms with E-state index < -0.39 is 0 Å². The van der Waals surface area contributed by atoms with Gasteiger partial charge in [0.25, 0.3) is 5.91 Å². The van der Waals surface area contributed by atoms with Crippen molar-refractivity contribution in [1.82, 2.24) is 25.2 Å². The van der Waals surface area contributed by atoms with Gasteiger partial charge in [0.15, 0.2) is 5.69 Å². The molecular weight excluding hydrogens is 270 g/mol. The number of carbonyl (C=O) groups excluding carboxylic acids is 1. The first-order chi connectivity index (χ1) is 10.1. The number of aromatic nitrogens is 3. The lowest BCUT2D eigenvalue weighted by atomic mass is 10.1. The second-order valence-electron chi connectivity index (χ2n) is 6.03. The molecule has 2 atom stereocenters. The van der Waals surface area contributed by atoms with Crippen molar-refractivity contribution >= 4 is 5.91 Å². The van der Waals surface area contributed by atoms with Crippen molar-refractivity contribution in [3.8, 4) is 0 Å². The molecule has 2 saturated heterocycles. The monoisotopic (exact) mass is 293 g/mol. The summed E-state index contributed by atoms with van der Waals surface area (Å²) in [7, 11) is 0. The third kappa shape index (κ3) is 3.24. The molecule has 1 amide bonds. The summed E-state index contributed by atoms with van der Waals surface area (Å²) in [5.41, 5.74) is 0.440. The normalized spacial score (nSPS) is 27.8. The molecule has 0 bridgehead atoms. The zero-order valence-electron chi connectivity index (χ0n) is 12.7. The SMILES string of the molecule is C[C@@H]1CN(C(=O)c2cn(C3CCNCC3)nn2)C[C@H](C)O1. The molecule has 1 aromatic heterocycles. The summed E-state index contributed by atoms with van der Waals surface area (Å²) in [6, 6.07) is 0.350. The maximum Gasteiger partial charge on any atom is 0.276 e. The quantitative estimate of drug-likeness (QED) is 0.857. The van der Waals surface area contributed by atoms with E-state index in [1.165, 1.54) is 0 Å². The van der Waals surface area contributed by atoms with Gasteiger partial charge in [0, 0.05) is 13.1 Å². The van der Waals surface area contributed by atoms with Crippen LogP contribution in [-0.4, -0.2) is 64.2 Å². The number of piperidine rings is 1. The smallest absolute Gasteiger partial charge is 0.276 e. The van der Waals surface area contributed by atoms with Gasteiger partial charge in [-0.3, -0.25) is 4.79 Å².